The van der Waals surface area contributed by atoms with Gasteiger partial charge in [-0.1, -0.05) is 54.6 Å². The third-order valence-corrected chi connectivity index (χ3v) is 5.03. The van der Waals surface area contributed by atoms with E-state index in [4.69, 9.17) is 4.74 Å². The Morgan fingerprint density at radius 2 is 1.75 bits per heavy atom. The third-order valence-electron chi connectivity index (χ3n) is 5.03. The molecule has 2 aromatic carbocycles. The summed E-state index contributed by atoms with van der Waals surface area (Å²) < 4.78 is 5.48. The molecule has 148 valence electrons. The molecule has 0 aromatic heterocycles. The predicted octanol–water partition coefficient (Wildman–Crippen LogP) is 4.75. The predicted molar refractivity (Wildman–Crippen MR) is 108 cm³/mol. The largest absolute Gasteiger partial charge is 0.479 e. The first-order valence-corrected chi connectivity index (χ1v) is 9.60. The van der Waals surface area contributed by atoms with Crippen molar-refractivity contribution in [2.75, 3.05) is 6.54 Å². The Morgan fingerprint density at radius 1 is 1.07 bits per heavy atom. The van der Waals surface area contributed by atoms with Gasteiger partial charge in [-0.2, -0.15) is 0 Å². The SMILES string of the molecule is CC(C)(C)OC(=O)N1CCCC1(Cc1cccc(-c2ccccc2)c1)C(=O)O. The van der Waals surface area contributed by atoms with E-state index in [2.05, 4.69) is 0 Å². The van der Waals surface area contributed by atoms with Crippen LogP contribution in [0.2, 0.25) is 0 Å². The lowest BCUT2D eigenvalue weighted by Gasteiger charge is -2.36. The van der Waals surface area contributed by atoms with Gasteiger partial charge in [-0.05, 0) is 50.3 Å². The van der Waals surface area contributed by atoms with Gasteiger partial charge in [0.15, 0.2) is 0 Å². The second-order valence-electron chi connectivity index (χ2n) is 8.32. The lowest BCUT2D eigenvalue weighted by molar-refractivity contribution is -0.149. The van der Waals surface area contributed by atoms with E-state index in [-0.39, 0.29) is 6.42 Å². The summed E-state index contributed by atoms with van der Waals surface area (Å²) in [4.78, 5) is 26.4. The first-order valence-electron chi connectivity index (χ1n) is 9.60. The molecule has 1 N–H and O–H groups in total. The van der Waals surface area contributed by atoms with Crippen molar-refractivity contribution >= 4 is 12.1 Å². The van der Waals surface area contributed by atoms with Crippen LogP contribution >= 0.6 is 0 Å². The van der Waals surface area contributed by atoms with Gasteiger partial charge in [-0.3, -0.25) is 4.90 Å². The van der Waals surface area contributed by atoms with Crippen molar-refractivity contribution < 1.29 is 19.4 Å². The second-order valence-corrected chi connectivity index (χ2v) is 8.32. The number of carbonyl (C=O) groups is 2. The fourth-order valence-corrected chi connectivity index (χ4v) is 3.77. The molecule has 1 amide bonds. The zero-order valence-corrected chi connectivity index (χ0v) is 16.6. The highest BCUT2D eigenvalue weighted by molar-refractivity contribution is 5.85. The number of aliphatic carboxylic acids is 1. The smallest absolute Gasteiger partial charge is 0.411 e. The zero-order valence-electron chi connectivity index (χ0n) is 16.6. The van der Waals surface area contributed by atoms with E-state index in [0.29, 0.717) is 19.4 Å². The Bertz CT molecular complexity index is 856. The number of hydrogen-bond donors (Lipinski definition) is 1. The van der Waals surface area contributed by atoms with E-state index in [0.717, 1.165) is 16.7 Å². The first-order chi connectivity index (χ1) is 13.2. The lowest BCUT2D eigenvalue weighted by atomic mass is 9.87. The van der Waals surface area contributed by atoms with E-state index in [1.165, 1.54) is 4.90 Å². The van der Waals surface area contributed by atoms with Crippen LogP contribution in [0, 0.1) is 0 Å². The summed E-state index contributed by atoms with van der Waals surface area (Å²) >= 11 is 0. The molecule has 1 unspecified atom stereocenters. The number of carbonyl (C=O) groups excluding carboxylic acids is 1. The van der Waals surface area contributed by atoms with Gasteiger partial charge in [-0.25, -0.2) is 9.59 Å². The van der Waals surface area contributed by atoms with Crippen molar-refractivity contribution in [2.45, 2.75) is 51.2 Å². The second kappa shape index (κ2) is 7.66. The average molecular weight is 381 g/mol. The molecule has 2 aromatic rings. The maximum Gasteiger partial charge on any atom is 0.411 e. The molecule has 0 saturated carbocycles. The minimum absolute atomic E-state index is 0.252. The number of carboxylic acid groups (broad SMARTS) is 1. The molecule has 0 radical (unpaired) electrons. The van der Waals surface area contributed by atoms with Crippen LogP contribution in [0.25, 0.3) is 11.1 Å². The van der Waals surface area contributed by atoms with Gasteiger partial charge < -0.3 is 9.84 Å². The van der Waals surface area contributed by atoms with Crippen molar-refractivity contribution in [3.63, 3.8) is 0 Å². The molecule has 28 heavy (non-hydrogen) atoms. The fraction of sp³-hybridized carbons (Fsp3) is 0.391. The van der Waals surface area contributed by atoms with Gasteiger partial charge in [0.2, 0.25) is 0 Å². The van der Waals surface area contributed by atoms with Crippen LogP contribution in [-0.2, 0) is 16.0 Å². The van der Waals surface area contributed by atoms with E-state index in [1.807, 2.05) is 54.6 Å². The Hall–Kier alpha value is -2.82. The van der Waals surface area contributed by atoms with E-state index in [1.54, 1.807) is 20.8 Å². The normalized spacial score (nSPS) is 19.5. The fourth-order valence-electron chi connectivity index (χ4n) is 3.77. The van der Waals surface area contributed by atoms with Crippen LogP contribution < -0.4 is 0 Å². The number of likely N-dealkylation sites (tertiary alicyclic amines) is 1. The summed E-state index contributed by atoms with van der Waals surface area (Å²) in [6, 6.07) is 17.8. The molecule has 1 aliphatic heterocycles. The quantitative estimate of drug-likeness (QED) is 0.830. The van der Waals surface area contributed by atoms with Crippen LogP contribution in [0.3, 0.4) is 0 Å². The maximum atomic E-state index is 12.7. The molecule has 5 heteroatoms. The highest BCUT2D eigenvalue weighted by atomic mass is 16.6. The molecule has 1 fully saturated rings. The van der Waals surface area contributed by atoms with Gasteiger partial charge in [-0.15, -0.1) is 0 Å². The zero-order chi connectivity index (χ0) is 20.4. The number of ether oxygens (including phenoxy) is 1. The van der Waals surface area contributed by atoms with Crippen molar-refractivity contribution in [2.24, 2.45) is 0 Å². The maximum absolute atomic E-state index is 12.7. The van der Waals surface area contributed by atoms with Crippen molar-refractivity contribution in [1.82, 2.24) is 4.90 Å². The number of rotatable bonds is 4. The third kappa shape index (κ3) is 4.19. The molecular weight excluding hydrogens is 354 g/mol. The van der Waals surface area contributed by atoms with Gasteiger partial charge in [0.05, 0.1) is 0 Å². The van der Waals surface area contributed by atoms with Crippen LogP contribution in [0.4, 0.5) is 4.79 Å². The lowest BCUT2D eigenvalue weighted by Crippen LogP contribution is -2.55. The van der Waals surface area contributed by atoms with Gasteiger partial charge in [0.25, 0.3) is 0 Å². The molecule has 3 rings (SSSR count). The van der Waals surface area contributed by atoms with Gasteiger partial charge in [0, 0.05) is 13.0 Å². The molecule has 0 spiro atoms. The number of carboxylic acids is 1. The van der Waals surface area contributed by atoms with Gasteiger partial charge >= 0.3 is 12.1 Å². The summed E-state index contributed by atoms with van der Waals surface area (Å²) in [5.74, 6) is -0.985. The van der Waals surface area contributed by atoms with E-state index >= 15 is 0 Å². The molecule has 0 aliphatic carbocycles. The topological polar surface area (TPSA) is 66.8 Å². The average Bonchev–Trinajstić information content (AvgIpc) is 3.06. The molecule has 1 saturated heterocycles. The first kappa shape index (κ1) is 19.9. The summed E-state index contributed by atoms with van der Waals surface area (Å²) in [7, 11) is 0. The molecule has 0 bridgehead atoms. The summed E-state index contributed by atoms with van der Waals surface area (Å²) in [6.45, 7) is 5.74. The monoisotopic (exact) mass is 381 g/mol. The standard InChI is InChI=1S/C23H27NO4/c1-22(2,3)28-21(27)24-14-8-13-23(24,20(25)26)16-17-9-7-12-19(15-17)18-10-5-4-6-11-18/h4-7,9-12,15H,8,13-14,16H2,1-3H3,(H,25,26). The summed E-state index contributed by atoms with van der Waals surface area (Å²) in [5, 5.41) is 10.1. The number of nitrogens with zero attached hydrogens (tertiary/aromatic N) is 1. The Labute approximate surface area is 165 Å². The summed E-state index contributed by atoms with van der Waals surface area (Å²) in [5.41, 5.74) is 1.04. The molecule has 1 heterocycles. The van der Waals surface area contributed by atoms with Crippen LogP contribution in [-0.4, -0.2) is 39.8 Å². The minimum atomic E-state index is -1.28. The Morgan fingerprint density at radius 3 is 2.39 bits per heavy atom. The van der Waals surface area contributed by atoms with Gasteiger partial charge in [0.1, 0.15) is 11.1 Å². The van der Waals surface area contributed by atoms with Crippen molar-refractivity contribution in [1.29, 1.82) is 0 Å². The Kier molecular flexibility index (Phi) is 5.45. The highest BCUT2D eigenvalue weighted by Gasteiger charge is 2.51. The number of amides is 1. The number of hydrogen-bond acceptors (Lipinski definition) is 3. The van der Waals surface area contributed by atoms with E-state index < -0.39 is 23.2 Å². The molecule has 1 aliphatic rings. The summed E-state index contributed by atoms with van der Waals surface area (Å²) in [6.07, 6.45) is 0.746. The number of benzene rings is 2. The van der Waals surface area contributed by atoms with E-state index in [9.17, 15) is 14.7 Å². The van der Waals surface area contributed by atoms with Crippen molar-refractivity contribution in [3.8, 4) is 11.1 Å². The van der Waals surface area contributed by atoms with Crippen molar-refractivity contribution in [3.05, 3.63) is 60.2 Å². The van der Waals surface area contributed by atoms with Crippen LogP contribution in [0.15, 0.2) is 54.6 Å². The minimum Gasteiger partial charge on any atom is -0.479 e. The molecular formula is C23H27NO4. The molecule has 5 nitrogen and oxygen atoms in total. The van der Waals surface area contributed by atoms with Crippen LogP contribution in [0.1, 0.15) is 39.2 Å². The molecule has 1 atom stereocenters. The highest BCUT2D eigenvalue weighted by Crippen LogP contribution is 2.35. The Balaban J connectivity index is 1.91. The van der Waals surface area contributed by atoms with Crippen LogP contribution in [0.5, 0.6) is 0 Å².